The van der Waals surface area contributed by atoms with E-state index in [9.17, 15) is 0 Å². The molecule has 120 valence electrons. The standard InChI is InChI=1S/C19H38O/c1-4-7-8-9-10-11-12-13-14-15-16-17-18-19(5-2)20-6-3/h13-14,19H,4-12,15-18H2,1-3H3. The fraction of sp³-hybridized carbons (Fsp3) is 0.895. The second kappa shape index (κ2) is 16.8. The Hall–Kier alpha value is -0.300. The van der Waals surface area contributed by atoms with Gasteiger partial charge in [-0.15, -0.1) is 0 Å². The van der Waals surface area contributed by atoms with Gasteiger partial charge in [0.25, 0.3) is 0 Å². The molecule has 1 heteroatoms. The van der Waals surface area contributed by atoms with Gasteiger partial charge in [-0.25, -0.2) is 0 Å². The van der Waals surface area contributed by atoms with E-state index in [1.54, 1.807) is 0 Å². The number of unbranched alkanes of at least 4 members (excludes halogenated alkanes) is 8. The first-order valence-electron chi connectivity index (χ1n) is 9.11. The van der Waals surface area contributed by atoms with Gasteiger partial charge in [-0.3, -0.25) is 0 Å². The zero-order valence-electron chi connectivity index (χ0n) is 14.3. The molecule has 0 fully saturated rings. The summed E-state index contributed by atoms with van der Waals surface area (Å²) in [4.78, 5) is 0. The lowest BCUT2D eigenvalue weighted by atomic mass is 10.1. The van der Waals surface area contributed by atoms with Crippen molar-refractivity contribution in [1.82, 2.24) is 0 Å². The highest BCUT2D eigenvalue weighted by molar-refractivity contribution is 4.81. The number of allylic oxidation sites excluding steroid dienone is 2. The molecule has 0 heterocycles. The van der Waals surface area contributed by atoms with Crippen LogP contribution in [0.15, 0.2) is 12.2 Å². The van der Waals surface area contributed by atoms with Gasteiger partial charge in [-0.1, -0.05) is 64.5 Å². The average molecular weight is 283 g/mol. The van der Waals surface area contributed by atoms with Crippen molar-refractivity contribution in [1.29, 1.82) is 0 Å². The van der Waals surface area contributed by atoms with Crippen LogP contribution in [0.5, 0.6) is 0 Å². The minimum Gasteiger partial charge on any atom is -0.379 e. The van der Waals surface area contributed by atoms with Crippen LogP contribution in [0.2, 0.25) is 0 Å². The van der Waals surface area contributed by atoms with Crippen molar-refractivity contribution in [2.24, 2.45) is 0 Å². The van der Waals surface area contributed by atoms with Crippen LogP contribution < -0.4 is 0 Å². The molecule has 20 heavy (non-hydrogen) atoms. The normalized spacial score (nSPS) is 13.2. The summed E-state index contributed by atoms with van der Waals surface area (Å²) in [6.07, 6.45) is 21.2. The van der Waals surface area contributed by atoms with Crippen molar-refractivity contribution in [2.75, 3.05) is 6.61 Å². The fourth-order valence-corrected chi connectivity index (χ4v) is 2.55. The molecule has 0 aromatic carbocycles. The second-order valence-electron chi connectivity index (χ2n) is 5.80. The molecule has 0 aromatic rings. The van der Waals surface area contributed by atoms with Crippen LogP contribution in [0.25, 0.3) is 0 Å². The Morgan fingerprint density at radius 2 is 1.35 bits per heavy atom. The van der Waals surface area contributed by atoms with Gasteiger partial charge in [-0.05, 0) is 45.4 Å². The van der Waals surface area contributed by atoms with E-state index in [2.05, 4.69) is 32.9 Å². The number of hydrogen-bond acceptors (Lipinski definition) is 1. The van der Waals surface area contributed by atoms with Crippen LogP contribution in [-0.4, -0.2) is 12.7 Å². The van der Waals surface area contributed by atoms with E-state index in [0.717, 1.165) is 13.0 Å². The first-order valence-corrected chi connectivity index (χ1v) is 9.11. The van der Waals surface area contributed by atoms with Gasteiger partial charge in [-0.2, -0.15) is 0 Å². The minimum absolute atomic E-state index is 0.493. The predicted octanol–water partition coefficient (Wildman–Crippen LogP) is 6.67. The van der Waals surface area contributed by atoms with Crippen LogP contribution >= 0.6 is 0 Å². The summed E-state index contributed by atoms with van der Waals surface area (Å²) in [6.45, 7) is 7.45. The molecule has 0 N–H and O–H groups in total. The summed E-state index contributed by atoms with van der Waals surface area (Å²) < 4.78 is 5.67. The molecular weight excluding hydrogens is 244 g/mol. The zero-order valence-corrected chi connectivity index (χ0v) is 14.3. The molecule has 0 bridgehead atoms. The maximum atomic E-state index is 5.67. The van der Waals surface area contributed by atoms with E-state index in [4.69, 9.17) is 4.74 Å². The average Bonchev–Trinajstić information content (AvgIpc) is 2.47. The van der Waals surface area contributed by atoms with E-state index >= 15 is 0 Å². The third-order valence-corrected chi connectivity index (χ3v) is 3.90. The van der Waals surface area contributed by atoms with Gasteiger partial charge in [0.05, 0.1) is 6.10 Å². The van der Waals surface area contributed by atoms with Crippen molar-refractivity contribution in [3.8, 4) is 0 Å². The van der Waals surface area contributed by atoms with Crippen LogP contribution in [0.3, 0.4) is 0 Å². The predicted molar refractivity (Wildman–Crippen MR) is 91.3 cm³/mol. The van der Waals surface area contributed by atoms with Crippen LogP contribution in [0.1, 0.15) is 97.8 Å². The van der Waals surface area contributed by atoms with Crippen molar-refractivity contribution >= 4 is 0 Å². The molecule has 1 unspecified atom stereocenters. The van der Waals surface area contributed by atoms with E-state index in [-0.39, 0.29) is 0 Å². The molecule has 0 rings (SSSR count). The number of ether oxygens (including phenoxy) is 1. The maximum Gasteiger partial charge on any atom is 0.0572 e. The second-order valence-corrected chi connectivity index (χ2v) is 5.80. The molecule has 1 nitrogen and oxygen atoms in total. The maximum absolute atomic E-state index is 5.67. The third kappa shape index (κ3) is 14.1. The quantitative estimate of drug-likeness (QED) is 0.241. The molecule has 0 aromatic heterocycles. The van der Waals surface area contributed by atoms with Crippen molar-refractivity contribution < 1.29 is 4.74 Å². The highest BCUT2D eigenvalue weighted by Crippen LogP contribution is 2.11. The summed E-state index contributed by atoms with van der Waals surface area (Å²) >= 11 is 0. The largest absolute Gasteiger partial charge is 0.379 e. The van der Waals surface area contributed by atoms with Crippen LogP contribution in [0.4, 0.5) is 0 Å². The van der Waals surface area contributed by atoms with Gasteiger partial charge in [0, 0.05) is 6.61 Å². The van der Waals surface area contributed by atoms with Crippen molar-refractivity contribution in [2.45, 2.75) is 104 Å². The monoisotopic (exact) mass is 282 g/mol. The molecular formula is C19H38O. The molecule has 0 aliphatic rings. The third-order valence-electron chi connectivity index (χ3n) is 3.90. The van der Waals surface area contributed by atoms with E-state index in [0.29, 0.717) is 6.10 Å². The van der Waals surface area contributed by atoms with Gasteiger partial charge >= 0.3 is 0 Å². The topological polar surface area (TPSA) is 9.23 Å². The van der Waals surface area contributed by atoms with Crippen molar-refractivity contribution in [3.63, 3.8) is 0 Å². The van der Waals surface area contributed by atoms with Crippen LogP contribution in [0, 0.1) is 0 Å². The Labute approximate surface area is 128 Å². The Balaban J connectivity index is 3.23. The molecule has 0 spiro atoms. The molecule has 0 radical (unpaired) electrons. The van der Waals surface area contributed by atoms with Crippen LogP contribution in [-0.2, 0) is 4.74 Å². The van der Waals surface area contributed by atoms with Gasteiger partial charge in [0.15, 0.2) is 0 Å². The summed E-state index contributed by atoms with van der Waals surface area (Å²) in [5, 5.41) is 0. The summed E-state index contributed by atoms with van der Waals surface area (Å²) in [7, 11) is 0. The van der Waals surface area contributed by atoms with E-state index in [1.165, 1.54) is 70.6 Å². The highest BCUT2D eigenvalue weighted by atomic mass is 16.5. The molecule has 0 aliphatic heterocycles. The lowest BCUT2D eigenvalue weighted by Crippen LogP contribution is -2.11. The molecule has 0 aliphatic carbocycles. The first kappa shape index (κ1) is 19.7. The Morgan fingerprint density at radius 1 is 0.750 bits per heavy atom. The highest BCUT2D eigenvalue weighted by Gasteiger charge is 2.03. The Kier molecular flexibility index (Phi) is 16.5. The molecule has 0 amide bonds. The fourth-order valence-electron chi connectivity index (χ4n) is 2.55. The van der Waals surface area contributed by atoms with E-state index < -0.39 is 0 Å². The lowest BCUT2D eigenvalue weighted by molar-refractivity contribution is 0.0525. The Bertz CT molecular complexity index is 198. The lowest BCUT2D eigenvalue weighted by Gasteiger charge is -2.13. The minimum atomic E-state index is 0.493. The summed E-state index contributed by atoms with van der Waals surface area (Å²) in [6, 6.07) is 0. The summed E-state index contributed by atoms with van der Waals surface area (Å²) in [5.41, 5.74) is 0. The van der Waals surface area contributed by atoms with Gasteiger partial charge in [0.1, 0.15) is 0 Å². The van der Waals surface area contributed by atoms with Gasteiger partial charge in [0.2, 0.25) is 0 Å². The number of rotatable bonds is 15. The molecule has 0 saturated carbocycles. The summed E-state index contributed by atoms with van der Waals surface area (Å²) in [5.74, 6) is 0. The zero-order chi connectivity index (χ0) is 14.9. The SMILES string of the molecule is CCCCCCCCC=CCCCCC(CC)OCC. The number of hydrogen-bond donors (Lipinski definition) is 0. The first-order chi connectivity index (χ1) is 9.85. The Morgan fingerprint density at radius 3 is 1.95 bits per heavy atom. The van der Waals surface area contributed by atoms with E-state index in [1.807, 2.05) is 0 Å². The molecule has 0 saturated heterocycles. The smallest absolute Gasteiger partial charge is 0.0572 e. The van der Waals surface area contributed by atoms with Crippen molar-refractivity contribution in [3.05, 3.63) is 12.2 Å². The van der Waals surface area contributed by atoms with Gasteiger partial charge < -0.3 is 4.74 Å². The molecule has 1 atom stereocenters.